The van der Waals surface area contributed by atoms with Crippen LogP contribution in [-0.4, -0.2) is 35.5 Å². The van der Waals surface area contributed by atoms with Gasteiger partial charge in [-0.05, 0) is 28.9 Å². The Morgan fingerprint density at radius 3 is 3.19 bits per heavy atom. The van der Waals surface area contributed by atoms with Gasteiger partial charge < -0.3 is 10.2 Å². The third-order valence-corrected chi connectivity index (χ3v) is 3.63. The fourth-order valence-corrected chi connectivity index (χ4v) is 2.88. The molecule has 0 aliphatic carbocycles. The largest absolute Gasteiger partial charge is 0.364 e. The minimum absolute atomic E-state index is 0.604. The first kappa shape index (κ1) is 8.52. The summed E-state index contributed by atoms with van der Waals surface area (Å²) in [6.45, 7) is 2.14. The Morgan fingerprint density at radius 1 is 1.38 bits per heavy atom. The quantitative estimate of drug-likeness (QED) is 0.763. The zero-order chi connectivity index (χ0) is 10.5. The van der Waals surface area contributed by atoms with E-state index < -0.39 is 0 Å². The van der Waals surface area contributed by atoms with Crippen molar-refractivity contribution in [2.24, 2.45) is 0 Å². The molecule has 1 aromatic carbocycles. The van der Waals surface area contributed by atoms with Crippen LogP contribution in [0.2, 0.25) is 0 Å². The first-order valence-corrected chi connectivity index (χ1v) is 5.63. The van der Waals surface area contributed by atoms with Crippen molar-refractivity contribution < 1.29 is 4.63 Å². The van der Waals surface area contributed by atoms with Crippen LogP contribution >= 0.6 is 0 Å². The maximum absolute atomic E-state index is 4.80. The Kier molecular flexibility index (Phi) is 1.57. The number of anilines is 1. The highest BCUT2D eigenvalue weighted by Gasteiger charge is 2.38. The third-order valence-electron chi connectivity index (χ3n) is 3.63. The maximum Gasteiger partial charge on any atom is 0.158 e. The molecule has 2 bridgehead atoms. The van der Waals surface area contributed by atoms with E-state index in [-0.39, 0.29) is 0 Å². The third kappa shape index (κ3) is 1.03. The second kappa shape index (κ2) is 2.95. The molecule has 0 saturated carbocycles. The lowest BCUT2D eigenvalue weighted by Gasteiger charge is -2.29. The highest BCUT2D eigenvalue weighted by Crippen LogP contribution is 2.32. The number of fused-ring (bicyclic) bond motifs is 3. The van der Waals surface area contributed by atoms with E-state index in [0.29, 0.717) is 12.1 Å². The molecule has 3 heterocycles. The van der Waals surface area contributed by atoms with Gasteiger partial charge in [0, 0.05) is 25.2 Å². The molecule has 0 unspecified atom stereocenters. The van der Waals surface area contributed by atoms with Gasteiger partial charge in [-0.25, -0.2) is 4.63 Å². The minimum Gasteiger partial charge on any atom is -0.364 e. The fourth-order valence-electron chi connectivity index (χ4n) is 2.88. The van der Waals surface area contributed by atoms with E-state index in [9.17, 15) is 0 Å². The van der Waals surface area contributed by atoms with E-state index in [2.05, 4.69) is 26.6 Å². The molecule has 2 aliphatic rings. The van der Waals surface area contributed by atoms with Gasteiger partial charge in [0.2, 0.25) is 0 Å². The predicted molar refractivity (Wildman–Crippen MR) is 59.3 cm³/mol. The Labute approximate surface area is 92.4 Å². The van der Waals surface area contributed by atoms with Crippen molar-refractivity contribution >= 4 is 16.7 Å². The molecule has 0 amide bonds. The molecule has 1 N–H and O–H groups in total. The van der Waals surface area contributed by atoms with Gasteiger partial charge >= 0.3 is 0 Å². The highest BCUT2D eigenvalue weighted by atomic mass is 16.6. The number of nitrogens with one attached hydrogen (secondary N) is 1. The molecule has 2 atom stereocenters. The van der Waals surface area contributed by atoms with Gasteiger partial charge in [-0.3, -0.25) is 0 Å². The molecule has 82 valence electrons. The molecule has 2 saturated heterocycles. The zero-order valence-electron chi connectivity index (χ0n) is 8.76. The molecular formula is C11H12N4O. The lowest BCUT2D eigenvalue weighted by atomic mass is 10.2. The Balaban J connectivity index is 1.84. The molecule has 2 fully saturated rings. The molecule has 4 rings (SSSR count). The summed E-state index contributed by atoms with van der Waals surface area (Å²) in [5.41, 5.74) is 2.89. The van der Waals surface area contributed by atoms with Crippen molar-refractivity contribution in [2.45, 2.75) is 18.5 Å². The van der Waals surface area contributed by atoms with Crippen molar-refractivity contribution in [3.63, 3.8) is 0 Å². The number of nitrogens with zero attached hydrogens (tertiary/aromatic N) is 3. The average Bonchev–Trinajstić information content (AvgIpc) is 3.03. The lowest BCUT2D eigenvalue weighted by Crippen LogP contribution is -2.43. The van der Waals surface area contributed by atoms with E-state index in [1.54, 1.807) is 0 Å². The maximum atomic E-state index is 4.80. The number of benzene rings is 1. The number of rotatable bonds is 1. The van der Waals surface area contributed by atoms with Crippen LogP contribution in [0.25, 0.3) is 11.0 Å². The van der Waals surface area contributed by atoms with Crippen LogP contribution < -0.4 is 10.2 Å². The van der Waals surface area contributed by atoms with Gasteiger partial charge in [0.25, 0.3) is 0 Å². The molecular weight excluding hydrogens is 204 g/mol. The highest BCUT2D eigenvalue weighted by molar-refractivity contribution is 5.87. The van der Waals surface area contributed by atoms with Gasteiger partial charge in [-0.15, -0.1) is 0 Å². The number of piperazine rings is 1. The van der Waals surface area contributed by atoms with Crippen molar-refractivity contribution in [3.05, 3.63) is 18.2 Å². The van der Waals surface area contributed by atoms with Crippen LogP contribution in [0, 0.1) is 0 Å². The lowest BCUT2D eigenvalue weighted by molar-refractivity contribution is 0.315. The number of hydrogen-bond acceptors (Lipinski definition) is 5. The van der Waals surface area contributed by atoms with Crippen LogP contribution in [0.15, 0.2) is 22.8 Å². The molecule has 16 heavy (non-hydrogen) atoms. The van der Waals surface area contributed by atoms with Crippen molar-refractivity contribution in [1.82, 2.24) is 15.6 Å². The summed E-state index contributed by atoms with van der Waals surface area (Å²) < 4.78 is 4.80. The second-order valence-corrected chi connectivity index (χ2v) is 4.56. The van der Waals surface area contributed by atoms with E-state index in [1.807, 2.05) is 12.1 Å². The average molecular weight is 216 g/mol. The summed E-state index contributed by atoms with van der Waals surface area (Å²) in [6, 6.07) is 7.29. The first-order valence-electron chi connectivity index (χ1n) is 5.63. The van der Waals surface area contributed by atoms with E-state index >= 15 is 0 Å². The van der Waals surface area contributed by atoms with E-state index in [1.165, 1.54) is 6.42 Å². The van der Waals surface area contributed by atoms with E-state index in [0.717, 1.165) is 29.8 Å². The van der Waals surface area contributed by atoms with Crippen LogP contribution in [0.5, 0.6) is 0 Å². The monoisotopic (exact) mass is 216 g/mol. The zero-order valence-corrected chi connectivity index (χ0v) is 8.76. The molecule has 1 aromatic heterocycles. The summed E-state index contributed by atoms with van der Waals surface area (Å²) in [7, 11) is 0. The molecule has 5 nitrogen and oxygen atoms in total. The number of aromatic nitrogens is 2. The molecule has 2 aromatic rings. The van der Waals surface area contributed by atoms with Gasteiger partial charge in [0.15, 0.2) is 5.52 Å². The van der Waals surface area contributed by atoms with E-state index in [4.69, 9.17) is 4.63 Å². The summed E-state index contributed by atoms with van der Waals surface area (Å²) in [5.74, 6) is 0. The molecule has 0 radical (unpaired) electrons. The normalized spacial score (nSPS) is 28.1. The Hall–Kier alpha value is -1.62. The summed E-state index contributed by atoms with van der Waals surface area (Å²) in [4.78, 5) is 2.42. The minimum atomic E-state index is 0.604. The summed E-state index contributed by atoms with van der Waals surface area (Å²) >= 11 is 0. The standard InChI is InChI=1S/C11H12N4O/c1-2-9-11(14-16-13-9)10(3-1)15-6-7-4-8(15)5-12-7/h1-3,7-8,12H,4-6H2/t7-,8-/m0/s1. The smallest absolute Gasteiger partial charge is 0.158 e. The van der Waals surface area contributed by atoms with Crippen molar-refractivity contribution in [3.8, 4) is 0 Å². The predicted octanol–water partition coefficient (Wildman–Crippen LogP) is 0.773. The molecule has 5 heteroatoms. The second-order valence-electron chi connectivity index (χ2n) is 4.56. The van der Waals surface area contributed by atoms with Gasteiger partial charge in [0.05, 0.1) is 5.69 Å². The topological polar surface area (TPSA) is 54.2 Å². The Bertz CT molecular complexity index is 538. The van der Waals surface area contributed by atoms with Gasteiger partial charge in [-0.2, -0.15) is 0 Å². The van der Waals surface area contributed by atoms with Crippen LogP contribution in [0.1, 0.15) is 6.42 Å². The Morgan fingerprint density at radius 2 is 2.38 bits per heavy atom. The van der Waals surface area contributed by atoms with Crippen molar-refractivity contribution in [1.29, 1.82) is 0 Å². The summed E-state index contributed by atoms with van der Waals surface area (Å²) in [6.07, 6.45) is 1.24. The first-order chi connectivity index (χ1) is 7.92. The van der Waals surface area contributed by atoms with Gasteiger partial charge in [-0.1, -0.05) is 6.07 Å². The van der Waals surface area contributed by atoms with Crippen LogP contribution in [0.4, 0.5) is 5.69 Å². The van der Waals surface area contributed by atoms with Crippen LogP contribution in [-0.2, 0) is 0 Å². The molecule has 0 spiro atoms. The number of hydrogen-bond donors (Lipinski definition) is 1. The summed E-state index contributed by atoms with van der Waals surface area (Å²) in [5, 5.41) is 11.4. The van der Waals surface area contributed by atoms with Crippen LogP contribution in [0.3, 0.4) is 0 Å². The molecule has 2 aliphatic heterocycles. The fraction of sp³-hybridized carbons (Fsp3) is 0.455. The SMILES string of the molecule is c1cc(N2C[C@@H]3C[C@H]2CN3)c2nonc2c1. The van der Waals surface area contributed by atoms with Gasteiger partial charge in [0.1, 0.15) is 5.52 Å². The van der Waals surface area contributed by atoms with Crippen molar-refractivity contribution in [2.75, 3.05) is 18.0 Å².